The molecular formula is C15H15F5O5. The number of rotatable bonds is 9. The summed E-state index contributed by atoms with van der Waals surface area (Å²) in [5, 5.41) is 0. The SMILES string of the molecule is CCOC(=O)CCCC(=O)OCCOc1c(F)c(F)c(F)c(F)c1F. The first kappa shape index (κ1) is 20.7. The molecule has 0 aromatic heterocycles. The summed E-state index contributed by atoms with van der Waals surface area (Å²) in [4.78, 5) is 22.4. The summed E-state index contributed by atoms with van der Waals surface area (Å²) in [6.07, 6.45) is 0.0848. The predicted octanol–water partition coefficient (Wildman–Crippen LogP) is 3.04. The van der Waals surface area contributed by atoms with Crippen LogP contribution in [0, 0.1) is 29.1 Å². The van der Waals surface area contributed by atoms with Gasteiger partial charge in [-0.05, 0) is 13.3 Å². The molecule has 0 spiro atoms. The van der Waals surface area contributed by atoms with Crippen molar-refractivity contribution < 1.29 is 45.8 Å². The fourth-order valence-corrected chi connectivity index (χ4v) is 1.69. The molecule has 0 radical (unpaired) electrons. The highest BCUT2D eigenvalue weighted by atomic mass is 19.2. The molecule has 0 fully saturated rings. The van der Waals surface area contributed by atoms with E-state index in [0.717, 1.165) is 0 Å². The van der Waals surface area contributed by atoms with Crippen molar-refractivity contribution in [3.8, 4) is 5.75 Å². The molecule has 0 heterocycles. The molecule has 0 aliphatic carbocycles. The van der Waals surface area contributed by atoms with Crippen LogP contribution in [0.4, 0.5) is 22.0 Å². The first-order chi connectivity index (χ1) is 11.8. The zero-order valence-corrected chi connectivity index (χ0v) is 13.2. The lowest BCUT2D eigenvalue weighted by Crippen LogP contribution is -2.15. The van der Waals surface area contributed by atoms with E-state index in [-0.39, 0.29) is 25.9 Å². The first-order valence-corrected chi connectivity index (χ1v) is 7.25. The smallest absolute Gasteiger partial charge is 0.305 e. The van der Waals surface area contributed by atoms with Gasteiger partial charge in [0.15, 0.2) is 5.75 Å². The van der Waals surface area contributed by atoms with Crippen LogP contribution in [-0.2, 0) is 19.1 Å². The number of halogens is 5. The van der Waals surface area contributed by atoms with Crippen LogP contribution in [0.25, 0.3) is 0 Å². The maximum Gasteiger partial charge on any atom is 0.305 e. The van der Waals surface area contributed by atoms with Crippen LogP contribution >= 0.6 is 0 Å². The average molecular weight is 370 g/mol. The molecule has 0 N–H and O–H groups in total. The van der Waals surface area contributed by atoms with Crippen molar-refractivity contribution in [2.45, 2.75) is 26.2 Å². The molecule has 140 valence electrons. The van der Waals surface area contributed by atoms with E-state index in [1.54, 1.807) is 6.92 Å². The van der Waals surface area contributed by atoms with Gasteiger partial charge >= 0.3 is 11.9 Å². The van der Waals surface area contributed by atoms with Gasteiger partial charge in [-0.1, -0.05) is 0 Å². The van der Waals surface area contributed by atoms with Crippen LogP contribution in [0.1, 0.15) is 26.2 Å². The highest BCUT2D eigenvalue weighted by molar-refractivity contribution is 5.72. The summed E-state index contributed by atoms with van der Waals surface area (Å²) in [5.41, 5.74) is 0. The van der Waals surface area contributed by atoms with E-state index in [1.165, 1.54) is 0 Å². The second kappa shape index (κ2) is 9.80. The fraction of sp³-hybridized carbons (Fsp3) is 0.467. The summed E-state index contributed by atoms with van der Waals surface area (Å²) < 4.78 is 79.1. The summed E-state index contributed by atoms with van der Waals surface area (Å²) >= 11 is 0. The third-order valence-corrected chi connectivity index (χ3v) is 2.83. The Morgan fingerprint density at radius 3 is 1.76 bits per heavy atom. The molecule has 1 aromatic carbocycles. The minimum absolute atomic E-state index is 0.0179. The molecule has 25 heavy (non-hydrogen) atoms. The molecule has 0 bridgehead atoms. The van der Waals surface area contributed by atoms with Gasteiger partial charge in [0.25, 0.3) is 0 Å². The van der Waals surface area contributed by atoms with Gasteiger partial charge in [-0.15, -0.1) is 0 Å². The van der Waals surface area contributed by atoms with Gasteiger partial charge in [-0.2, -0.15) is 8.78 Å². The number of carbonyl (C=O) groups is 2. The lowest BCUT2D eigenvalue weighted by molar-refractivity contribution is -0.145. The molecule has 0 aliphatic heterocycles. The Morgan fingerprint density at radius 2 is 1.24 bits per heavy atom. The van der Waals surface area contributed by atoms with E-state index in [4.69, 9.17) is 0 Å². The maximum atomic E-state index is 13.3. The van der Waals surface area contributed by atoms with Gasteiger partial charge in [0, 0.05) is 12.8 Å². The van der Waals surface area contributed by atoms with Crippen molar-refractivity contribution in [2.75, 3.05) is 19.8 Å². The molecule has 0 saturated heterocycles. The zero-order valence-electron chi connectivity index (χ0n) is 13.2. The fourth-order valence-electron chi connectivity index (χ4n) is 1.69. The van der Waals surface area contributed by atoms with E-state index < -0.39 is 60.0 Å². The molecule has 1 rings (SSSR count). The molecule has 0 atom stereocenters. The van der Waals surface area contributed by atoms with Crippen molar-refractivity contribution in [2.24, 2.45) is 0 Å². The van der Waals surface area contributed by atoms with E-state index in [2.05, 4.69) is 14.2 Å². The largest absolute Gasteiger partial charge is 0.484 e. The van der Waals surface area contributed by atoms with Gasteiger partial charge in [0.2, 0.25) is 29.1 Å². The Morgan fingerprint density at radius 1 is 0.760 bits per heavy atom. The second-order valence-corrected chi connectivity index (χ2v) is 4.63. The van der Waals surface area contributed by atoms with Crippen LogP contribution in [0.5, 0.6) is 5.75 Å². The van der Waals surface area contributed by atoms with Crippen LogP contribution in [0.2, 0.25) is 0 Å². The summed E-state index contributed by atoms with van der Waals surface area (Å²) in [6, 6.07) is 0. The van der Waals surface area contributed by atoms with Crippen LogP contribution in [0.15, 0.2) is 0 Å². The predicted molar refractivity (Wildman–Crippen MR) is 73.2 cm³/mol. The molecule has 0 amide bonds. The number of hydrogen-bond donors (Lipinski definition) is 0. The number of ether oxygens (including phenoxy) is 3. The van der Waals surface area contributed by atoms with Crippen molar-refractivity contribution >= 4 is 11.9 Å². The summed E-state index contributed by atoms with van der Waals surface area (Å²) in [7, 11) is 0. The molecule has 0 saturated carbocycles. The van der Waals surface area contributed by atoms with Gasteiger partial charge < -0.3 is 14.2 Å². The number of carbonyl (C=O) groups excluding carboxylic acids is 2. The third kappa shape index (κ3) is 5.87. The topological polar surface area (TPSA) is 61.8 Å². The van der Waals surface area contributed by atoms with Gasteiger partial charge in [0.1, 0.15) is 13.2 Å². The lowest BCUT2D eigenvalue weighted by atomic mass is 10.2. The maximum absolute atomic E-state index is 13.3. The van der Waals surface area contributed by atoms with Crippen LogP contribution < -0.4 is 4.74 Å². The molecule has 0 unspecified atom stereocenters. The lowest BCUT2D eigenvalue weighted by Gasteiger charge is -2.10. The first-order valence-electron chi connectivity index (χ1n) is 7.25. The normalized spacial score (nSPS) is 10.5. The Bertz CT molecular complexity index is 606. The number of esters is 2. The molecular weight excluding hydrogens is 355 g/mol. The number of hydrogen-bond acceptors (Lipinski definition) is 5. The molecule has 0 aliphatic rings. The second-order valence-electron chi connectivity index (χ2n) is 4.63. The number of benzene rings is 1. The van der Waals surface area contributed by atoms with Crippen molar-refractivity contribution in [3.63, 3.8) is 0 Å². The molecule has 10 heteroatoms. The summed E-state index contributed by atoms with van der Waals surface area (Å²) in [6.45, 7) is 0.759. The highest BCUT2D eigenvalue weighted by Crippen LogP contribution is 2.28. The third-order valence-electron chi connectivity index (χ3n) is 2.83. The van der Waals surface area contributed by atoms with Crippen LogP contribution in [-0.4, -0.2) is 31.8 Å². The van der Waals surface area contributed by atoms with Gasteiger partial charge in [0.05, 0.1) is 6.61 Å². The van der Waals surface area contributed by atoms with E-state index in [9.17, 15) is 31.5 Å². The Hall–Kier alpha value is -2.39. The highest BCUT2D eigenvalue weighted by Gasteiger charge is 2.26. The Labute approximate surface area is 139 Å². The van der Waals surface area contributed by atoms with Gasteiger partial charge in [-0.3, -0.25) is 9.59 Å². The molecule has 1 aromatic rings. The van der Waals surface area contributed by atoms with Crippen molar-refractivity contribution in [3.05, 3.63) is 29.1 Å². The zero-order chi connectivity index (χ0) is 19.0. The van der Waals surface area contributed by atoms with Gasteiger partial charge in [-0.25, -0.2) is 13.2 Å². The molecule has 5 nitrogen and oxygen atoms in total. The monoisotopic (exact) mass is 370 g/mol. The van der Waals surface area contributed by atoms with E-state index in [0.29, 0.717) is 0 Å². The van der Waals surface area contributed by atoms with Crippen molar-refractivity contribution in [1.29, 1.82) is 0 Å². The van der Waals surface area contributed by atoms with Crippen molar-refractivity contribution in [1.82, 2.24) is 0 Å². The minimum Gasteiger partial charge on any atom is -0.484 e. The quantitative estimate of drug-likeness (QED) is 0.220. The van der Waals surface area contributed by atoms with E-state index >= 15 is 0 Å². The minimum atomic E-state index is -2.30. The Balaban J connectivity index is 2.39. The summed E-state index contributed by atoms with van der Waals surface area (Å²) in [5.74, 6) is -13.4. The average Bonchev–Trinajstić information content (AvgIpc) is 2.58. The van der Waals surface area contributed by atoms with Crippen LogP contribution in [0.3, 0.4) is 0 Å². The van der Waals surface area contributed by atoms with E-state index in [1.807, 2.05) is 0 Å². The standard InChI is InChI=1S/C15H15F5O5/c1-2-23-8(21)4-3-5-9(22)24-6-7-25-15-13(19)11(17)10(16)12(18)14(15)20/h2-7H2,1H3. The Kier molecular flexibility index (Phi) is 8.09.